The number of aromatic nitrogens is 1. The minimum Gasteiger partial charge on any atom is -0.496 e. The first-order valence-corrected chi connectivity index (χ1v) is 10.1. The van der Waals surface area contributed by atoms with Gasteiger partial charge in [-0.1, -0.05) is 42.5 Å². The van der Waals surface area contributed by atoms with E-state index in [1.165, 1.54) is 14.2 Å². The van der Waals surface area contributed by atoms with Crippen LogP contribution >= 0.6 is 0 Å². The molecule has 5 aromatic rings. The van der Waals surface area contributed by atoms with Crippen LogP contribution in [0.4, 0.5) is 5.69 Å². The Hall–Kier alpha value is -4.32. The molecule has 6 nitrogen and oxygen atoms in total. The van der Waals surface area contributed by atoms with Crippen LogP contribution in [0.15, 0.2) is 83.3 Å². The van der Waals surface area contributed by atoms with Crippen molar-refractivity contribution in [1.29, 1.82) is 0 Å². The van der Waals surface area contributed by atoms with Crippen LogP contribution in [0.1, 0.15) is 10.4 Å². The van der Waals surface area contributed by atoms with E-state index in [1.807, 2.05) is 30.3 Å². The van der Waals surface area contributed by atoms with E-state index in [9.17, 15) is 4.79 Å². The number of hydrogen-bond acceptors (Lipinski definition) is 5. The number of carbonyl (C=O) groups is 1. The van der Waals surface area contributed by atoms with Crippen molar-refractivity contribution in [2.75, 3.05) is 19.5 Å². The molecule has 0 fully saturated rings. The number of nitrogens with one attached hydrogen (secondary N) is 1. The summed E-state index contributed by atoms with van der Waals surface area (Å²) in [6.45, 7) is 0. The molecule has 0 aliphatic heterocycles. The largest absolute Gasteiger partial charge is 0.496 e. The number of methoxy groups -OCH3 is 2. The van der Waals surface area contributed by atoms with E-state index in [1.54, 1.807) is 36.4 Å². The third-order valence-electron chi connectivity index (χ3n) is 5.32. The lowest BCUT2D eigenvalue weighted by atomic mass is 10.0. The minimum atomic E-state index is -0.337. The molecule has 4 aromatic carbocycles. The molecule has 0 bridgehead atoms. The van der Waals surface area contributed by atoms with Crippen LogP contribution in [0, 0.1) is 0 Å². The number of amides is 1. The molecule has 6 heteroatoms. The molecule has 5 rings (SSSR count). The van der Waals surface area contributed by atoms with E-state index in [0.29, 0.717) is 39.7 Å². The van der Waals surface area contributed by atoms with Crippen molar-refractivity contribution in [2.24, 2.45) is 0 Å². The zero-order chi connectivity index (χ0) is 22.1. The number of fused-ring (bicyclic) bond motifs is 2. The van der Waals surface area contributed by atoms with E-state index in [-0.39, 0.29) is 5.91 Å². The normalized spacial score (nSPS) is 10.9. The van der Waals surface area contributed by atoms with E-state index < -0.39 is 0 Å². The highest BCUT2D eigenvalue weighted by Crippen LogP contribution is 2.32. The van der Waals surface area contributed by atoms with Gasteiger partial charge in [-0.2, -0.15) is 0 Å². The molecule has 1 aromatic heterocycles. The Bertz CT molecular complexity index is 1430. The second-order valence-electron chi connectivity index (χ2n) is 7.22. The summed E-state index contributed by atoms with van der Waals surface area (Å²) >= 11 is 0. The molecule has 0 unspecified atom stereocenters. The molecule has 0 atom stereocenters. The van der Waals surface area contributed by atoms with Crippen molar-refractivity contribution in [3.63, 3.8) is 0 Å². The Balaban J connectivity index is 1.50. The molecule has 1 heterocycles. The summed E-state index contributed by atoms with van der Waals surface area (Å²) in [5.74, 6) is 1.06. The van der Waals surface area contributed by atoms with Crippen LogP contribution < -0.4 is 14.8 Å². The number of hydrogen-bond donors (Lipinski definition) is 1. The lowest BCUT2D eigenvalue weighted by molar-refractivity contribution is 0.102. The molecule has 1 amide bonds. The number of carbonyl (C=O) groups excluding carboxylic acids is 1. The molecule has 0 spiro atoms. The number of oxazole rings is 1. The van der Waals surface area contributed by atoms with Gasteiger partial charge in [0.05, 0.1) is 14.2 Å². The first-order chi connectivity index (χ1) is 15.7. The fourth-order valence-electron chi connectivity index (χ4n) is 3.80. The Kier molecular flexibility index (Phi) is 4.95. The average Bonchev–Trinajstić information content (AvgIpc) is 3.26. The maximum absolute atomic E-state index is 13.0. The Morgan fingerprint density at radius 1 is 0.875 bits per heavy atom. The summed E-state index contributed by atoms with van der Waals surface area (Å²) in [4.78, 5) is 17.6. The standard InChI is InChI=1S/C26H20N2O4/c1-30-22-11-6-12-23(31-2)24(22)25(29)27-17-13-14-21-20(15-17)28-26(32-21)19-10-5-8-16-7-3-4-9-18(16)19/h3-15H,1-2H3,(H,27,29). The number of benzene rings is 4. The Labute approximate surface area is 184 Å². The summed E-state index contributed by atoms with van der Waals surface area (Å²) in [5.41, 5.74) is 3.13. The van der Waals surface area contributed by atoms with Crippen molar-refractivity contribution >= 4 is 33.5 Å². The summed E-state index contributed by atoms with van der Waals surface area (Å²) in [5, 5.41) is 5.08. The number of ether oxygens (including phenoxy) is 2. The third kappa shape index (κ3) is 3.41. The predicted octanol–water partition coefficient (Wildman–Crippen LogP) is 5.92. The topological polar surface area (TPSA) is 73.6 Å². The molecule has 0 saturated heterocycles. The van der Waals surface area contributed by atoms with Gasteiger partial charge in [-0.25, -0.2) is 4.98 Å². The molecule has 0 saturated carbocycles. The number of rotatable bonds is 5. The summed E-state index contributed by atoms with van der Waals surface area (Å²) < 4.78 is 16.7. The summed E-state index contributed by atoms with van der Waals surface area (Å²) in [6.07, 6.45) is 0. The Morgan fingerprint density at radius 2 is 1.59 bits per heavy atom. The van der Waals surface area contributed by atoms with Gasteiger partial charge in [0.25, 0.3) is 5.91 Å². The van der Waals surface area contributed by atoms with Gasteiger partial charge in [-0.3, -0.25) is 4.79 Å². The molecule has 32 heavy (non-hydrogen) atoms. The first kappa shape index (κ1) is 19.6. The monoisotopic (exact) mass is 424 g/mol. The Morgan fingerprint density at radius 3 is 2.38 bits per heavy atom. The van der Waals surface area contributed by atoms with Crippen LogP contribution in [0.3, 0.4) is 0 Å². The number of nitrogens with zero attached hydrogens (tertiary/aromatic N) is 1. The van der Waals surface area contributed by atoms with Crippen LogP contribution in [0.25, 0.3) is 33.3 Å². The molecular formula is C26H20N2O4. The van der Waals surface area contributed by atoms with Crippen molar-refractivity contribution in [3.05, 3.63) is 84.4 Å². The van der Waals surface area contributed by atoms with E-state index in [0.717, 1.165) is 16.3 Å². The fourth-order valence-corrected chi connectivity index (χ4v) is 3.80. The lowest BCUT2D eigenvalue weighted by Crippen LogP contribution is -2.14. The van der Waals surface area contributed by atoms with Gasteiger partial charge in [-0.15, -0.1) is 0 Å². The maximum atomic E-state index is 13.0. The fraction of sp³-hybridized carbons (Fsp3) is 0.0769. The van der Waals surface area contributed by atoms with Gasteiger partial charge in [0.2, 0.25) is 5.89 Å². The van der Waals surface area contributed by atoms with Crippen molar-refractivity contribution in [1.82, 2.24) is 4.98 Å². The van der Waals surface area contributed by atoms with E-state index in [4.69, 9.17) is 13.9 Å². The molecular weight excluding hydrogens is 404 g/mol. The maximum Gasteiger partial charge on any atom is 0.263 e. The highest BCUT2D eigenvalue weighted by atomic mass is 16.5. The smallest absolute Gasteiger partial charge is 0.263 e. The molecule has 158 valence electrons. The van der Waals surface area contributed by atoms with Gasteiger partial charge < -0.3 is 19.2 Å². The van der Waals surface area contributed by atoms with Crippen LogP contribution in [-0.4, -0.2) is 25.1 Å². The molecule has 0 aliphatic rings. The van der Waals surface area contributed by atoms with Crippen LogP contribution in [0.2, 0.25) is 0 Å². The van der Waals surface area contributed by atoms with Gasteiger partial charge in [0.15, 0.2) is 5.58 Å². The summed E-state index contributed by atoms with van der Waals surface area (Å²) in [7, 11) is 3.03. The average molecular weight is 424 g/mol. The third-order valence-corrected chi connectivity index (χ3v) is 5.32. The highest BCUT2D eigenvalue weighted by Gasteiger charge is 2.19. The second kappa shape index (κ2) is 8.07. The van der Waals surface area contributed by atoms with Crippen molar-refractivity contribution in [2.45, 2.75) is 0 Å². The molecule has 1 N–H and O–H groups in total. The second-order valence-corrected chi connectivity index (χ2v) is 7.22. The minimum absolute atomic E-state index is 0.328. The molecule has 0 aliphatic carbocycles. The van der Waals surface area contributed by atoms with Gasteiger partial charge in [0, 0.05) is 11.3 Å². The zero-order valence-corrected chi connectivity index (χ0v) is 17.6. The number of anilines is 1. The highest BCUT2D eigenvalue weighted by molar-refractivity contribution is 6.08. The van der Waals surface area contributed by atoms with Gasteiger partial charge in [0.1, 0.15) is 22.6 Å². The van der Waals surface area contributed by atoms with Gasteiger partial charge >= 0.3 is 0 Å². The van der Waals surface area contributed by atoms with Crippen LogP contribution in [0.5, 0.6) is 11.5 Å². The lowest BCUT2D eigenvalue weighted by Gasteiger charge is -2.12. The predicted molar refractivity (Wildman–Crippen MR) is 124 cm³/mol. The van der Waals surface area contributed by atoms with E-state index >= 15 is 0 Å². The van der Waals surface area contributed by atoms with Crippen molar-refractivity contribution in [3.8, 4) is 23.0 Å². The summed E-state index contributed by atoms with van der Waals surface area (Å²) in [6, 6.07) is 24.7. The van der Waals surface area contributed by atoms with Gasteiger partial charge in [-0.05, 0) is 47.2 Å². The van der Waals surface area contributed by atoms with E-state index in [2.05, 4.69) is 22.4 Å². The zero-order valence-electron chi connectivity index (χ0n) is 17.6. The SMILES string of the molecule is COc1cccc(OC)c1C(=O)Nc1ccc2oc(-c3cccc4ccccc34)nc2c1. The van der Waals surface area contributed by atoms with Crippen molar-refractivity contribution < 1.29 is 18.7 Å². The first-order valence-electron chi connectivity index (χ1n) is 10.1. The molecule has 0 radical (unpaired) electrons. The quantitative estimate of drug-likeness (QED) is 0.379. The van der Waals surface area contributed by atoms with Crippen LogP contribution in [-0.2, 0) is 0 Å².